The largest absolute Gasteiger partial charge is 0.412 e. The van der Waals surface area contributed by atoms with Gasteiger partial charge in [0.1, 0.15) is 6.10 Å². The molecular weight excluding hydrogens is 444 g/mol. The quantitative estimate of drug-likeness (QED) is 0.329. The fraction of sp³-hybridized carbons (Fsp3) is 0.556. The van der Waals surface area contributed by atoms with E-state index in [4.69, 9.17) is 13.6 Å². The molecule has 0 aliphatic rings. The molecular formula is C27H44O4Si2. The van der Waals surface area contributed by atoms with Crippen molar-refractivity contribution < 1.29 is 18.7 Å². The average molecular weight is 489 g/mol. The van der Waals surface area contributed by atoms with Crippen molar-refractivity contribution in [2.45, 2.75) is 89.9 Å². The molecule has 33 heavy (non-hydrogen) atoms. The molecule has 0 aliphatic carbocycles. The van der Waals surface area contributed by atoms with E-state index >= 15 is 0 Å². The Balaban J connectivity index is 2.51. The predicted octanol–water partition coefficient (Wildman–Crippen LogP) is 6.94. The van der Waals surface area contributed by atoms with Gasteiger partial charge >= 0.3 is 0 Å². The third kappa shape index (κ3) is 8.78. The van der Waals surface area contributed by atoms with E-state index in [0.717, 1.165) is 11.1 Å². The number of aliphatic hydroxyl groups is 1. The maximum atomic E-state index is 9.93. The van der Waals surface area contributed by atoms with E-state index in [0.29, 0.717) is 13.0 Å². The summed E-state index contributed by atoms with van der Waals surface area (Å²) < 4.78 is 20.3. The second-order valence-electron chi connectivity index (χ2n) is 11.3. The van der Waals surface area contributed by atoms with Gasteiger partial charge in [-0.2, -0.15) is 0 Å². The van der Waals surface area contributed by atoms with E-state index < -0.39 is 16.6 Å². The lowest BCUT2D eigenvalue weighted by Crippen LogP contribution is -2.49. The first-order chi connectivity index (χ1) is 15.3. The minimum absolute atomic E-state index is 0.0436. The van der Waals surface area contributed by atoms with Gasteiger partial charge in [-0.05, 0) is 55.3 Å². The molecule has 4 nitrogen and oxygen atoms in total. The molecule has 0 spiro atoms. The molecule has 0 amide bonds. The van der Waals surface area contributed by atoms with Gasteiger partial charge in [-0.25, -0.2) is 0 Å². The van der Waals surface area contributed by atoms with Gasteiger partial charge in [0.25, 0.3) is 0 Å². The minimum Gasteiger partial charge on any atom is -0.412 e. The van der Waals surface area contributed by atoms with Gasteiger partial charge in [0.05, 0.1) is 18.8 Å². The molecule has 0 heterocycles. The number of rotatable bonds is 12. The van der Waals surface area contributed by atoms with Crippen molar-refractivity contribution in [2.24, 2.45) is 0 Å². The Morgan fingerprint density at radius 1 is 0.818 bits per heavy atom. The molecule has 0 fully saturated rings. The Labute approximate surface area is 203 Å². The second-order valence-corrected chi connectivity index (χ2v) is 20.5. The second kappa shape index (κ2) is 11.9. The van der Waals surface area contributed by atoms with Crippen molar-refractivity contribution in [3.63, 3.8) is 0 Å². The smallest absolute Gasteiger partial charge is 0.193 e. The summed E-state index contributed by atoms with van der Waals surface area (Å²) in [6, 6.07) is 20.6. The van der Waals surface area contributed by atoms with Crippen molar-refractivity contribution in [1.82, 2.24) is 0 Å². The Morgan fingerprint density at radius 2 is 1.36 bits per heavy atom. The predicted molar refractivity (Wildman–Crippen MR) is 142 cm³/mol. The highest BCUT2D eigenvalue weighted by atomic mass is 28.4. The highest BCUT2D eigenvalue weighted by molar-refractivity contribution is 6.74. The molecule has 6 heteroatoms. The monoisotopic (exact) mass is 488 g/mol. The lowest BCUT2D eigenvalue weighted by atomic mass is 9.98. The first-order valence-corrected chi connectivity index (χ1v) is 18.3. The summed E-state index contributed by atoms with van der Waals surface area (Å²) in [5.41, 5.74) is 2.19. The van der Waals surface area contributed by atoms with Crippen LogP contribution in [0.3, 0.4) is 0 Å². The lowest BCUT2D eigenvalue weighted by Gasteiger charge is -2.44. The average Bonchev–Trinajstić information content (AvgIpc) is 2.72. The summed E-state index contributed by atoms with van der Waals surface area (Å²) in [7, 11) is -4.04. The third-order valence-electron chi connectivity index (χ3n) is 6.22. The van der Waals surface area contributed by atoms with Crippen LogP contribution >= 0.6 is 0 Å². The van der Waals surface area contributed by atoms with Gasteiger partial charge in [-0.3, -0.25) is 0 Å². The zero-order chi connectivity index (χ0) is 24.7. The summed E-state index contributed by atoms with van der Waals surface area (Å²) in [4.78, 5) is 0. The fourth-order valence-corrected chi connectivity index (χ4v) is 5.91. The number of hydrogen-bond donors (Lipinski definition) is 1. The van der Waals surface area contributed by atoms with Crippen molar-refractivity contribution in [3.05, 3.63) is 71.8 Å². The first-order valence-electron chi connectivity index (χ1n) is 12.0. The van der Waals surface area contributed by atoms with Crippen molar-refractivity contribution in [2.75, 3.05) is 6.61 Å². The van der Waals surface area contributed by atoms with Crippen LogP contribution in [0.15, 0.2) is 60.7 Å². The van der Waals surface area contributed by atoms with Gasteiger partial charge in [0.15, 0.2) is 16.6 Å². The number of benzene rings is 2. The summed E-state index contributed by atoms with van der Waals surface area (Å²) in [5.74, 6) is 0. The zero-order valence-electron chi connectivity index (χ0n) is 21.8. The van der Waals surface area contributed by atoms with E-state index in [1.54, 1.807) is 0 Å². The van der Waals surface area contributed by atoms with Crippen LogP contribution in [0.4, 0.5) is 0 Å². The maximum Gasteiger partial charge on any atom is 0.193 e. The molecule has 0 radical (unpaired) electrons. The van der Waals surface area contributed by atoms with Gasteiger partial charge in [0, 0.05) is 6.61 Å². The van der Waals surface area contributed by atoms with Crippen LogP contribution in [0.2, 0.25) is 37.8 Å². The molecule has 0 aliphatic heterocycles. The van der Waals surface area contributed by atoms with Crippen LogP contribution in [0.5, 0.6) is 0 Å². The van der Waals surface area contributed by atoms with E-state index in [9.17, 15) is 5.11 Å². The molecule has 2 rings (SSSR count). The molecule has 0 bridgehead atoms. The lowest BCUT2D eigenvalue weighted by molar-refractivity contribution is -0.103. The van der Waals surface area contributed by atoms with E-state index in [2.05, 4.69) is 77.8 Å². The van der Waals surface area contributed by atoms with E-state index in [-0.39, 0.29) is 30.0 Å². The maximum absolute atomic E-state index is 9.93. The zero-order valence-corrected chi connectivity index (χ0v) is 23.8. The normalized spacial score (nSPS) is 15.8. The van der Waals surface area contributed by atoms with Crippen molar-refractivity contribution in [1.29, 1.82) is 0 Å². The summed E-state index contributed by atoms with van der Waals surface area (Å²) >= 11 is 0. The topological polar surface area (TPSA) is 47.9 Å². The van der Waals surface area contributed by atoms with E-state index in [1.165, 1.54) is 0 Å². The first kappa shape index (κ1) is 28.0. The van der Waals surface area contributed by atoms with Gasteiger partial charge < -0.3 is 18.7 Å². The standard InChI is InChI=1S/C27H44O4Si2/c1-27(2,3)33(7,8)31-25(23-17-13-10-14-18-23)26(24(19-20-28)30-32(4,5)6)29-21-22-15-11-9-12-16-22/h9-18,24-26,28H,19-21H2,1-8H3/t24-,25-,26+/m1/s1. The van der Waals surface area contributed by atoms with Crippen LogP contribution < -0.4 is 0 Å². The molecule has 0 unspecified atom stereocenters. The Hall–Kier alpha value is -1.29. The third-order valence-corrected chi connectivity index (χ3v) is 11.7. The van der Waals surface area contributed by atoms with Crippen LogP contribution in [0, 0.1) is 0 Å². The molecule has 3 atom stereocenters. The molecule has 0 aromatic heterocycles. The molecule has 2 aromatic carbocycles. The number of ether oxygens (including phenoxy) is 1. The molecule has 2 aromatic rings. The van der Waals surface area contributed by atoms with Gasteiger partial charge in [-0.15, -0.1) is 0 Å². The SMILES string of the molecule is CC(C)(C)[Si](C)(C)O[C@H](c1ccccc1)[C@@H](OCc1ccccc1)[C@@H](CCO)O[Si](C)(C)C. The van der Waals surface area contributed by atoms with Crippen LogP contribution in [0.1, 0.15) is 44.4 Å². The summed E-state index contributed by atoms with van der Waals surface area (Å²) in [6.07, 6.45) is -0.391. The van der Waals surface area contributed by atoms with Crippen molar-refractivity contribution >= 4 is 16.6 Å². The Bertz CT molecular complexity index is 814. The number of aliphatic hydroxyl groups excluding tert-OH is 1. The summed E-state index contributed by atoms with van der Waals surface area (Å²) in [5, 5.41) is 9.98. The highest BCUT2D eigenvalue weighted by Gasteiger charge is 2.44. The van der Waals surface area contributed by atoms with Crippen molar-refractivity contribution in [3.8, 4) is 0 Å². The molecule has 1 N–H and O–H groups in total. The fourth-order valence-electron chi connectivity index (χ4n) is 3.49. The Kier molecular flexibility index (Phi) is 10.1. The van der Waals surface area contributed by atoms with Gasteiger partial charge in [0.2, 0.25) is 0 Å². The van der Waals surface area contributed by atoms with Crippen LogP contribution in [-0.2, 0) is 20.2 Å². The van der Waals surface area contributed by atoms with E-state index in [1.807, 2.05) is 36.4 Å². The summed E-state index contributed by atoms with van der Waals surface area (Å²) in [6.45, 7) is 18.4. The minimum atomic E-state index is -2.14. The Morgan fingerprint density at radius 3 is 1.85 bits per heavy atom. The van der Waals surface area contributed by atoms with Crippen LogP contribution in [-0.4, -0.2) is 40.6 Å². The molecule has 0 saturated heterocycles. The molecule has 0 saturated carbocycles. The number of hydrogen-bond acceptors (Lipinski definition) is 4. The molecule has 184 valence electrons. The highest BCUT2D eigenvalue weighted by Crippen LogP contribution is 2.42. The van der Waals surface area contributed by atoms with Gasteiger partial charge in [-0.1, -0.05) is 81.4 Å². The van der Waals surface area contributed by atoms with Crippen LogP contribution in [0.25, 0.3) is 0 Å².